The first kappa shape index (κ1) is 18.4. The van der Waals surface area contributed by atoms with Gasteiger partial charge >= 0.3 is 6.03 Å². The summed E-state index contributed by atoms with van der Waals surface area (Å²) in [5.74, 6) is 1.63. The maximum atomic E-state index is 12.5. The Morgan fingerprint density at radius 1 is 0.964 bits per heavy atom. The van der Waals surface area contributed by atoms with E-state index < -0.39 is 0 Å². The summed E-state index contributed by atoms with van der Waals surface area (Å²) in [5, 5.41) is 11.6. The van der Waals surface area contributed by atoms with Gasteiger partial charge in [-0.15, -0.1) is 22.0 Å². The second-order valence-electron chi connectivity index (χ2n) is 6.48. The third-order valence-electron chi connectivity index (χ3n) is 4.72. The highest BCUT2D eigenvalue weighted by Gasteiger charge is 2.22. The van der Waals surface area contributed by atoms with Gasteiger partial charge in [0, 0.05) is 49.2 Å². The lowest BCUT2D eigenvalue weighted by atomic mass is 10.3. The molecule has 8 heteroatoms. The summed E-state index contributed by atoms with van der Waals surface area (Å²) in [6, 6.07) is 15.7. The molecular formula is C20H22N6OS. The second kappa shape index (κ2) is 8.35. The van der Waals surface area contributed by atoms with Crippen molar-refractivity contribution in [2.45, 2.75) is 4.90 Å². The number of anilines is 2. The molecule has 7 nitrogen and oxygen atoms in total. The third-order valence-corrected chi connectivity index (χ3v) is 5.44. The smallest absolute Gasteiger partial charge is 0.321 e. The molecular weight excluding hydrogens is 372 g/mol. The van der Waals surface area contributed by atoms with Crippen molar-refractivity contribution >= 4 is 29.3 Å². The van der Waals surface area contributed by atoms with Crippen molar-refractivity contribution in [2.75, 3.05) is 42.7 Å². The molecule has 0 radical (unpaired) electrons. The number of hydrogen-bond acceptors (Lipinski definition) is 5. The zero-order valence-electron chi connectivity index (χ0n) is 15.7. The Morgan fingerprint density at radius 2 is 1.68 bits per heavy atom. The van der Waals surface area contributed by atoms with Crippen LogP contribution in [0.3, 0.4) is 0 Å². The average molecular weight is 395 g/mol. The van der Waals surface area contributed by atoms with Crippen molar-refractivity contribution in [3.8, 4) is 5.82 Å². The minimum absolute atomic E-state index is 0.0630. The molecule has 1 aliphatic heterocycles. The molecule has 2 amide bonds. The maximum Gasteiger partial charge on any atom is 0.321 e. The van der Waals surface area contributed by atoms with Crippen LogP contribution in [0.2, 0.25) is 0 Å². The van der Waals surface area contributed by atoms with E-state index in [4.69, 9.17) is 0 Å². The van der Waals surface area contributed by atoms with Crippen LogP contribution in [0.15, 0.2) is 65.8 Å². The SMILES string of the molecule is CSc1cccc(NC(=O)N2CCN(c3ccc(-n4cccc4)nn3)CC2)c1. The van der Waals surface area contributed by atoms with Crippen molar-refractivity contribution < 1.29 is 4.79 Å². The highest BCUT2D eigenvalue weighted by Crippen LogP contribution is 2.20. The summed E-state index contributed by atoms with van der Waals surface area (Å²) < 4.78 is 1.92. The Kier molecular flexibility index (Phi) is 5.48. The topological polar surface area (TPSA) is 66.3 Å². The Labute approximate surface area is 168 Å². The van der Waals surface area contributed by atoms with Gasteiger partial charge in [-0.1, -0.05) is 6.07 Å². The predicted octanol–water partition coefficient (Wildman–Crippen LogP) is 3.34. The Hall–Kier alpha value is -3.00. The standard InChI is InChI=1S/C20H22N6OS/c1-28-17-6-4-5-16(15-17)21-20(27)26-13-11-25(12-14-26)19-8-7-18(22-23-19)24-9-2-3-10-24/h2-10,15H,11-14H2,1H3,(H,21,27). The molecule has 0 saturated carbocycles. The van der Waals surface area contributed by atoms with Gasteiger partial charge in [-0.05, 0) is 48.7 Å². The maximum absolute atomic E-state index is 12.5. The number of rotatable bonds is 4. The Bertz CT molecular complexity index is 920. The summed E-state index contributed by atoms with van der Waals surface area (Å²) >= 11 is 1.66. The van der Waals surface area contributed by atoms with Gasteiger partial charge in [0.15, 0.2) is 11.6 Å². The van der Waals surface area contributed by atoms with Crippen molar-refractivity contribution in [3.63, 3.8) is 0 Å². The van der Waals surface area contributed by atoms with E-state index in [1.807, 2.05) is 76.6 Å². The molecule has 0 unspecified atom stereocenters. The van der Waals surface area contributed by atoms with Crippen molar-refractivity contribution in [1.82, 2.24) is 19.7 Å². The van der Waals surface area contributed by atoms with Gasteiger partial charge in [0.25, 0.3) is 0 Å². The number of carbonyl (C=O) groups is 1. The summed E-state index contributed by atoms with van der Waals surface area (Å²) in [5.41, 5.74) is 0.825. The summed E-state index contributed by atoms with van der Waals surface area (Å²) in [7, 11) is 0. The van der Waals surface area contributed by atoms with Gasteiger partial charge in [0.1, 0.15) is 0 Å². The van der Waals surface area contributed by atoms with E-state index in [-0.39, 0.29) is 6.03 Å². The monoisotopic (exact) mass is 394 g/mol. The number of hydrogen-bond donors (Lipinski definition) is 1. The van der Waals surface area contributed by atoms with Crippen LogP contribution in [0.4, 0.5) is 16.3 Å². The number of aromatic nitrogens is 3. The first-order chi connectivity index (χ1) is 13.7. The molecule has 1 saturated heterocycles. The molecule has 28 heavy (non-hydrogen) atoms. The lowest BCUT2D eigenvalue weighted by Crippen LogP contribution is -2.50. The van der Waals surface area contributed by atoms with E-state index in [0.717, 1.165) is 35.3 Å². The quantitative estimate of drug-likeness (QED) is 0.688. The number of benzene rings is 1. The number of urea groups is 1. The molecule has 1 fully saturated rings. The van der Waals surface area contributed by atoms with Gasteiger partial charge in [-0.2, -0.15) is 0 Å². The molecule has 3 heterocycles. The molecule has 1 aromatic carbocycles. The summed E-state index contributed by atoms with van der Waals surface area (Å²) in [6.07, 6.45) is 5.90. The Balaban J connectivity index is 1.33. The molecule has 1 aliphatic rings. The fraction of sp³-hybridized carbons (Fsp3) is 0.250. The largest absolute Gasteiger partial charge is 0.352 e. The normalized spacial score (nSPS) is 14.2. The predicted molar refractivity (Wildman–Crippen MR) is 112 cm³/mol. The van der Waals surface area contributed by atoms with Crippen LogP contribution in [0.5, 0.6) is 0 Å². The van der Waals surface area contributed by atoms with Gasteiger partial charge in [-0.3, -0.25) is 0 Å². The van der Waals surface area contributed by atoms with Crippen LogP contribution in [-0.4, -0.2) is 58.1 Å². The van der Waals surface area contributed by atoms with E-state index in [1.165, 1.54) is 0 Å². The molecule has 4 rings (SSSR count). The van der Waals surface area contributed by atoms with Crippen molar-refractivity contribution in [2.24, 2.45) is 0 Å². The first-order valence-corrected chi connectivity index (χ1v) is 10.4. The van der Waals surface area contributed by atoms with Gasteiger partial charge in [-0.25, -0.2) is 4.79 Å². The zero-order valence-corrected chi connectivity index (χ0v) is 16.5. The zero-order chi connectivity index (χ0) is 19.3. The number of carbonyl (C=O) groups excluding carboxylic acids is 1. The highest BCUT2D eigenvalue weighted by atomic mass is 32.2. The number of nitrogens with one attached hydrogen (secondary N) is 1. The fourth-order valence-corrected chi connectivity index (χ4v) is 3.61. The minimum Gasteiger partial charge on any atom is -0.352 e. The molecule has 144 valence electrons. The van der Waals surface area contributed by atoms with E-state index in [0.29, 0.717) is 13.1 Å². The number of amides is 2. The van der Waals surface area contributed by atoms with Gasteiger partial charge in [0.05, 0.1) is 0 Å². The molecule has 1 N–H and O–H groups in total. The fourth-order valence-electron chi connectivity index (χ4n) is 3.15. The number of thioether (sulfide) groups is 1. The van der Waals surface area contributed by atoms with Crippen molar-refractivity contribution in [1.29, 1.82) is 0 Å². The van der Waals surface area contributed by atoms with Crippen molar-refractivity contribution in [3.05, 3.63) is 60.9 Å². The third kappa shape index (κ3) is 4.12. The van der Waals surface area contributed by atoms with E-state index in [1.54, 1.807) is 11.8 Å². The number of nitrogens with zero attached hydrogens (tertiary/aromatic N) is 5. The lowest BCUT2D eigenvalue weighted by molar-refractivity contribution is 0.208. The minimum atomic E-state index is -0.0630. The molecule has 3 aromatic rings. The van der Waals surface area contributed by atoms with E-state index in [9.17, 15) is 4.79 Å². The molecule has 0 atom stereocenters. The molecule has 0 bridgehead atoms. The summed E-state index contributed by atoms with van der Waals surface area (Å²) in [4.78, 5) is 17.7. The molecule has 0 spiro atoms. The van der Waals surface area contributed by atoms with Crippen LogP contribution < -0.4 is 10.2 Å². The van der Waals surface area contributed by atoms with E-state index >= 15 is 0 Å². The average Bonchev–Trinajstić information content (AvgIpc) is 3.29. The van der Waals surface area contributed by atoms with Crippen LogP contribution >= 0.6 is 11.8 Å². The van der Waals surface area contributed by atoms with Crippen LogP contribution in [-0.2, 0) is 0 Å². The molecule has 2 aromatic heterocycles. The first-order valence-electron chi connectivity index (χ1n) is 9.15. The summed E-state index contributed by atoms with van der Waals surface area (Å²) in [6.45, 7) is 2.76. The lowest BCUT2D eigenvalue weighted by Gasteiger charge is -2.35. The second-order valence-corrected chi connectivity index (χ2v) is 7.36. The van der Waals surface area contributed by atoms with Crippen LogP contribution in [0.1, 0.15) is 0 Å². The molecule has 0 aliphatic carbocycles. The van der Waals surface area contributed by atoms with Gasteiger partial charge in [0.2, 0.25) is 0 Å². The highest BCUT2D eigenvalue weighted by molar-refractivity contribution is 7.98. The van der Waals surface area contributed by atoms with Gasteiger partial charge < -0.3 is 19.7 Å². The van der Waals surface area contributed by atoms with Crippen LogP contribution in [0, 0.1) is 0 Å². The Morgan fingerprint density at radius 3 is 2.36 bits per heavy atom. The van der Waals surface area contributed by atoms with E-state index in [2.05, 4.69) is 20.4 Å². The van der Waals surface area contributed by atoms with Crippen LogP contribution in [0.25, 0.3) is 5.82 Å². The number of piperazine rings is 1.